The van der Waals surface area contributed by atoms with E-state index in [0.29, 0.717) is 52.8 Å². The number of imidazole rings is 1. The molecule has 12 heterocycles. The predicted molar refractivity (Wildman–Crippen MR) is 548 cm³/mol. The lowest BCUT2D eigenvalue weighted by Gasteiger charge is -2.11. The van der Waals surface area contributed by atoms with Crippen LogP contribution in [0.2, 0.25) is 0 Å². The Kier molecular flexibility index (Phi) is 18.1. The lowest BCUT2D eigenvalue weighted by atomic mass is 10.1. The Labute approximate surface area is 778 Å². The van der Waals surface area contributed by atoms with Gasteiger partial charge in [-0.25, -0.2) is 19.9 Å². The van der Waals surface area contributed by atoms with Gasteiger partial charge in [0, 0.05) is 151 Å². The normalized spacial score (nSPS) is 11.8. The van der Waals surface area contributed by atoms with Crippen molar-refractivity contribution in [2.24, 2.45) is 0 Å². The van der Waals surface area contributed by atoms with Crippen LogP contribution in [0.15, 0.2) is 438 Å². The molecule has 17 aromatic carbocycles. The molecule has 12 aromatic heterocycles. The maximum absolute atomic E-state index is 6.91. The number of benzene rings is 17. The van der Waals surface area contributed by atoms with Gasteiger partial charge >= 0.3 is 0 Å². The molecule has 0 unspecified atom stereocenters. The van der Waals surface area contributed by atoms with Gasteiger partial charge in [0.2, 0.25) is 17.8 Å². The van der Waals surface area contributed by atoms with Gasteiger partial charge < -0.3 is 13.3 Å². The second-order valence-electron chi connectivity index (χ2n) is 33.8. The topological polar surface area (TPSA) is 214 Å². The van der Waals surface area contributed by atoms with Crippen molar-refractivity contribution >= 4 is 164 Å². The fourth-order valence-corrected chi connectivity index (χ4v) is 19.5. The monoisotopic (exact) mass is 1760 g/mol. The Bertz CT molecular complexity index is 9330. The van der Waals surface area contributed by atoms with Gasteiger partial charge in [-0.3, -0.25) is 28.2 Å². The SMILES string of the molecule is c1ccc(-c2nc(-c3ccccc3)nc(-n3c4ccccc4c4ccc5c6cc7c(cc6oc5c43)nc(-c3ccccc3)n7-c3ccccc3)n2)cc1.c1ccc(-c2nc(-c3ccccc3)nc(-n3c4ccccc4c4ccc5c6cc7cccnc7cc6oc5c43)n2)cc1.c1ccc(-c2nc(-c3ccccc3)nc(-n3c4ccccc4c4ccc5c6cc7ccncc7cc6oc5c43)n2)cc1. The van der Waals surface area contributed by atoms with E-state index in [1.54, 1.807) is 0 Å². The van der Waals surface area contributed by atoms with Crippen LogP contribution in [-0.4, -0.2) is 78.1 Å². The number of fused-ring (bicyclic) bond motifs is 24. The number of para-hydroxylation sites is 4. The van der Waals surface area contributed by atoms with E-state index in [4.69, 9.17) is 63.1 Å². The summed E-state index contributed by atoms with van der Waals surface area (Å²) in [5.41, 5.74) is 20.8. The molecule has 29 aromatic rings. The highest BCUT2D eigenvalue weighted by molar-refractivity contribution is 6.26. The minimum absolute atomic E-state index is 0.520. The van der Waals surface area contributed by atoms with Crippen molar-refractivity contribution in [3.05, 3.63) is 425 Å². The van der Waals surface area contributed by atoms with Gasteiger partial charge in [0.15, 0.2) is 51.7 Å². The quantitative estimate of drug-likeness (QED) is 0.118. The Balaban J connectivity index is 0.000000105. The highest BCUT2D eigenvalue weighted by Gasteiger charge is 2.29. The smallest absolute Gasteiger partial charge is 0.238 e. The average molecular weight is 1760 g/mol. The highest BCUT2D eigenvalue weighted by atomic mass is 16.3. The van der Waals surface area contributed by atoms with E-state index in [1.807, 2.05) is 255 Å². The average Bonchev–Trinajstić information content (AvgIpc) is 1.56. The van der Waals surface area contributed by atoms with Crippen molar-refractivity contribution in [2.45, 2.75) is 0 Å². The van der Waals surface area contributed by atoms with Crippen LogP contribution in [0, 0.1) is 0 Å². The van der Waals surface area contributed by atoms with Crippen LogP contribution in [0.3, 0.4) is 0 Å². The van der Waals surface area contributed by atoms with E-state index < -0.39 is 0 Å². The van der Waals surface area contributed by atoms with Crippen molar-refractivity contribution < 1.29 is 13.3 Å². The minimum Gasteiger partial charge on any atom is -0.454 e. The Morgan fingerprint density at radius 3 is 0.920 bits per heavy atom. The van der Waals surface area contributed by atoms with E-state index in [0.717, 1.165) is 214 Å². The fraction of sp³-hybridized carbons (Fsp3) is 0. The molecule has 0 radical (unpaired) electrons. The van der Waals surface area contributed by atoms with Crippen molar-refractivity contribution in [3.63, 3.8) is 0 Å². The molecule has 0 aliphatic heterocycles. The molecule has 0 bridgehead atoms. The third-order valence-corrected chi connectivity index (χ3v) is 25.8. The summed E-state index contributed by atoms with van der Waals surface area (Å²) in [7, 11) is 0. The first-order valence-electron chi connectivity index (χ1n) is 45.2. The molecule has 0 saturated heterocycles. The van der Waals surface area contributed by atoms with Crippen LogP contribution >= 0.6 is 0 Å². The van der Waals surface area contributed by atoms with Crippen LogP contribution in [-0.2, 0) is 0 Å². The first-order valence-corrected chi connectivity index (χ1v) is 45.2. The number of hydrogen-bond donors (Lipinski definition) is 0. The zero-order valence-electron chi connectivity index (χ0n) is 72.8. The molecule has 0 aliphatic rings. The zero-order valence-corrected chi connectivity index (χ0v) is 72.8. The summed E-state index contributed by atoms with van der Waals surface area (Å²) in [6, 6.07) is 138. The lowest BCUT2D eigenvalue weighted by molar-refractivity contribution is 0.671. The molecule has 0 N–H and O–H groups in total. The third kappa shape index (κ3) is 13.1. The Morgan fingerprint density at radius 1 is 0.197 bits per heavy atom. The molecular formula is C118H70N16O3. The lowest BCUT2D eigenvalue weighted by Crippen LogP contribution is -2.06. The molecule has 19 heteroatoms. The summed E-state index contributed by atoms with van der Waals surface area (Å²) in [6.45, 7) is 0. The Morgan fingerprint density at radius 2 is 0.526 bits per heavy atom. The second-order valence-corrected chi connectivity index (χ2v) is 33.8. The standard InChI is InChI=1S/C46H28N6O.2C36H21N5O/c1-5-15-29(16-6-1)43-48-44(30-17-7-2-8-18-30)50-46(49-43)52-38-24-14-13-23-33(38)34-25-26-35-36-27-39-37(28-40(36)53-42(35)41(34)52)47-45(31-19-9-3-10-20-31)51(39)32-21-11-4-12-22-32;1-3-10-22(11-4-1)34-38-35(23-12-5-2-6-13-23)40-36(39-34)41-30-16-8-7-15-25(30)26-17-18-27-28-20-24-14-9-19-37-29(24)21-31(28)42-33(27)32(26)41;1-3-9-22(10-4-1)34-38-35(23-11-5-2-6-12-23)40-36(39-34)41-30-14-8-7-13-26(30)27-15-16-28-29-19-24-17-18-37-21-25(24)20-31(29)42-33(28)32(27)41/h1-28H;2*1-21H. The summed E-state index contributed by atoms with van der Waals surface area (Å²) in [4.78, 5) is 59.4. The fourth-order valence-electron chi connectivity index (χ4n) is 19.5. The third-order valence-electron chi connectivity index (χ3n) is 25.8. The van der Waals surface area contributed by atoms with Crippen LogP contribution < -0.4 is 0 Å². The molecular weight excluding hydrogens is 1690 g/mol. The van der Waals surface area contributed by atoms with Crippen molar-refractivity contribution in [2.75, 3.05) is 0 Å². The maximum atomic E-state index is 6.91. The molecule has 29 rings (SSSR count). The predicted octanol–water partition coefficient (Wildman–Crippen LogP) is 28.7. The summed E-state index contributed by atoms with van der Waals surface area (Å²) in [5, 5.41) is 15.9. The molecule has 0 fully saturated rings. The first kappa shape index (κ1) is 77.8. The van der Waals surface area contributed by atoms with Crippen molar-refractivity contribution in [1.82, 2.24) is 78.1 Å². The van der Waals surface area contributed by atoms with Gasteiger partial charge in [0.25, 0.3) is 0 Å². The van der Waals surface area contributed by atoms with Gasteiger partial charge in [-0.15, -0.1) is 0 Å². The van der Waals surface area contributed by atoms with E-state index in [2.05, 4.69) is 198 Å². The molecule has 19 nitrogen and oxygen atoms in total. The highest BCUT2D eigenvalue weighted by Crippen LogP contribution is 2.47. The van der Waals surface area contributed by atoms with Crippen LogP contribution in [0.25, 0.3) is 267 Å². The molecule has 137 heavy (non-hydrogen) atoms. The minimum atomic E-state index is 0.520. The Hall–Kier alpha value is -19.1. The zero-order chi connectivity index (χ0) is 90.1. The number of pyridine rings is 2. The van der Waals surface area contributed by atoms with E-state index in [1.165, 1.54) is 0 Å². The van der Waals surface area contributed by atoms with Crippen LogP contribution in [0.5, 0.6) is 0 Å². The molecule has 0 spiro atoms. The van der Waals surface area contributed by atoms with Gasteiger partial charge in [0.05, 0.1) is 33.1 Å². The van der Waals surface area contributed by atoms with Gasteiger partial charge in [-0.05, 0) is 90.3 Å². The van der Waals surface area contributed by atoms with Gasteiger partial charge in [0.1, 0.15) is 39.1 Å². The van der Waals surface area contributed by atoms with Crippen molar-refractivity contribution in [1.29, 1.82) is 0 Å². The number of nitrogens with zero attached hydrogens (tertiary/aromatic N) is 16. The summed E-state index contributed by atoms with van der Waals surface area (Å²) in [5.74, 6) is 6.12. The number of hydrogen-bond acceptors (Lipinski definition) is 15. The molecule has 0 amide bonds. The van der Waals surface area contributed by atoms with Gasteiger partial charge in [-0.1, -0.05) is 309 Å². The maximum Gasteiger partial charge on any atom is 0.238 e. The molecule has 0 saturated carbocycles. The first-order chi connectivity index (χ1) is 67.9. The van der Waals surface area contributed by atoms with E-state index in [9.17, 15) is 0 Å². The van der Waals surface area contributed by atoms with Crippen molar-refractivity contribution in [3.8, 4) is 103 Å². The largest absolute Gasteiger partial charge is 0.454 e. The number of furan rings is 3. The molecule has 0 aliphatic carbocycles. The van der Waals surface area contributed by atoms with E-state index in [-0.39, 0.29) is 0 Å². The molecule has 640 valence electrons. The summed E-state index contributed by atoms with van der Waals surface area (Å²) in [6.07, 6.45) is 5.50. The van der Waals surface area contributed by atoms with Gasteiger partial charge in [-0.2, -0.15) is 29.9 Å². The number of rotatable bonds is 11. The van der Waals surface area contributed by atoms with Crippen LogP contribution in [0.1, 0.15) is 0 Å². The summed E-state index contributed by atoms with van der Waals surface area (Å²) < 4.78 is 28.9. The number of aromatic nitrogens is 16. The summed E-state index contributed by atoms with van der Waals surface area (Å²) >= 11 is 0. The second kappa shape index (κ2) is 31.9. The van der Waals surface area contributed by atoms with Crippen LogP contribution in [0.4, 0.5) is 0 Å². The van der Waals surface area contributed by atoms with E-state index >= 15 is 0 Å². The molecule has 0 atom stereocenters.